The highest BCUT2D eigenvalue weighted by molar-refractivity contribution is 6.10. The molecule has 4 nitrogen and oxygen atoms in total. The standard InChI is InChI=1S/C30H34N2O2.ClH/c1-2-20-32-27-16-10-9-15-26(27)30(28(32)33,25-13-7-4-8-14-25)19-23-31-21-17-29(34,18-22-31)24-11-5-3-6-12-24;/h3-16,34H,2,17-23H2,1H3;1H. The Balaban J connectivity index is 0.00000289. The number of rotatable bonds is 7. The first-order valence-electron chi connectivity index (χ1n) is 12.6. The van der Waals surface area contributed by atoms with Crippen molar-refractivity contribution in [2.24, 2.45) is 0 Å². The minimum absolute atomic E-state index is 0. The minimum atomic E-state index is -0.761. The van der Waals surface area contributed by atoms with E-state index in [4.69, 9.17) is 0 Å². The van der Waals surface area contributed by atoms with Crippen molar-refractivity contribution in [3.05, 3.63) is 102 Å². The lowest BCUT2D eigenvalue weighted by molar-refractivity contribution is -0.122. The molecule has 0 saturated carbocycles. The van der Waals surface area contributed by atoms with Crippen molar-refractivity contribution in [1.82, 2.24) is 4.90 Å². The first-order chi connectivity index (χ1) is 16.6. The van der Waals surface area contributed by atoms with Gasteiger partial charge in [-0.25, -0.2) is 0 Å². The number of carbonyl (C=O) groups excluding carboxylic acids is 1. The van der Waals surface area contributed by atoms with E-state index < -0.39 is 11.0 Å². The number of likely N-dealkylation sites (tertiary alicyclic amines) is 1. The highest BCUT2D eigenvalue weighted by atomic mass is 35.5. The number of aliphatic hydroxyl groups is 1. The molecule has 0 aromatic heterocycles. The summed E-state index contributed by atoms with van der Waals surface area (Å²) < 4.78 is 0. The summed E-state index contributed by atoms with van der Waals surface area (Å²) in [6.45, 7) is 5.33. The second-order valence-electron chi connectivity index (χ2n) is 9.73. The van der Waals surface area contributed by atoms with Crippen LogP contribution >= 0.6 is 12.4 Å². The van der Waals surface area contributed by atoms with Crippen molar-refractivity contribution < 1.29 is 9.90 Å². The van der Waals surface area contributed by atoms with Crippen LogP contribution in [0.2, 0.25) is 0 Å². The van der Waals surface area contributed by atoms with Crippen molar-refractivity contribution in [3.8, 4) is 0 Å². The molecular formula is C30H35ClN2O2. The van der Waals surface area contributed by atoms with Crippen LogP contribution in [0.15, 0.2) is 84.9 Å². The van der Waals surface area contributed by atoms with E-state index >= 15 is 0 Å². The predicted octanol–water partition coefficient (Wildman–Crippen LogP) is 5.52. The highest BCUT2D eigenvalue weighted by Crippen LogP contribution is 2.48. The molecular weight excluding hydrogens is 456 g/mol. The summed E-state index contributed by atoms with van der Waals surface area (Å²) in [6, 6.07) is 28.6. The third-order valence-electron chi connectivity index (χ3n) is 7.78. The van der Waals surface area contributed by atoms with Crippen molar-refractivity contribution in [2.45, 2.75) is 43.6 Å². The monoisotopic (exact) mass is 490 g/mol. The van der Waals surface area contributed by atoms with E-state index in [0.717, 1.165) is 61.4 Å². The van der Waals surface area contributed by atoms with Crippen LogP contribution in [0, 0.1) is 0 Å². The van der Waals surface area contributed by atoms with E-state index in [1.165, 1.54) is 0 Å². The number of hydrogen-bond acceptors (Lipinski definition) is 3. The smallest absolute Gasteiger partial charge is 0.242 e. The van der Waals surface area contributed by atoms with Crippen LogP contribution in [0.1, 0.15) is 49.3 Å². The molecule has 5 heteroatoms. The molecule has 0 radical (unpaired) electrons. The average Bonchev–Trinajstić information content (AvgIpc) is 3.13. The summed E-state index contributed by atoms with van der Waals surface area (Å²) in [4.78, 5) is 18.5. The molecule has 1 amide bonds. The Morgan fingerprint density at radius 1 is 0.800 bits per heavy atom. The molecule has 0 spiro atoms. The van der Waals surface area contributed by atoms with Crippen molar-refractivity contribution in [1.29, 1.82) is 0 Å². The van der Waals surface area contributed by atoms with E-state index in [2.05, 4.69) is 42.2 Å². The van der Waals surface area contributed by atoms with Crippen LogP contribution in [-0.4, -0.2) is 42.1 Å². The van der Waals surface area contributed by atoms with E-state index in [1.54, 1.807) is 0 Å². The quantitative estimate of drug-likeness (QED) is 0.474. The van der Waals surface area contributed by atoms with Crippen LogP contribution < -0.4 is 4.90 Å². The van der Waals surface area contributed by atoms with E-state index in [1.807, 2.05) is 59.5 Å². The lowest BCUT2D eigenvalue weighted by atomic mass is 9.72. The fourth-order valence-electron chi connectivity index (χ4n) is 5.87. The summed E-state index contributed by atoms with van der Waals surface area (Å²) in [5.74, 6) is 0.194. The van der Waals surface area contributed by atoms with Crippen LogP contribution in [0.3, 0.4) is 0 Å². The van der Waals surface area contributed by atoms with Gasteiger partial charge >= 0.3 is 0 Å². The maximum Gasteiger partial charge on any atom is 0.242 e. The van der Waals surface area contributed by atoms with Gasteiger partial charge in [-0.3, -0.25) is 4.79 Å². The van der Waals surface area contributed by atoms with E-state index in [0.29, 0.717) is 12.8 Å². The second-order valence-corrected chi connectivity index (χ2v) is 9.73. The Hall–Kier alpha value is -2.66. The zero-order chi connectivity index (χ0) is 23.6. The molecule has 2 heterocycles. The first kappa shape index (κ1) is 25.4. The number of amides is 1. The molecule has 1 fully saturated rings. The number of piperidine rings is 1. The molecule has 1 unspecified atom stereocenters. The van der Waals surface area contributed by atoms with Gasteiger partial charge in [0.05, 0.1) is 5.60 Å². The summed E-state index contributed by atoms with van der Waals surface area (Å²) in [7, 11) is 0. The van der Waals surface area contributed by atoms with Gasteiger partial charge in [0.2, 0.25) is 5.91 Å². The Kier molecular flexibility index (Phi) is 7.65. The summed E-state index contributed by atoms with van der Waals surface area (Å²) in [5.41, 5.74) is 2.82. The van der Waals surface area contributed by atoms with Crippen LogP contribution in [0.4, 0.5) is 5.69 Å². The van der Waals surface area contributed by atoms with Gasteiger partial charge in [0.15, 0.2) is 0 Å². The Morgan fingerprint density at radius 3 is 2.00 bits per heavy atom. The fraction of sp³-hybridized carbons (Fsp3) is 0.367. The minimum Gasteiger partial charge on any atom is -0.385 e. The van der Waals surface area contributed by atoms with Gasteiger partial charge in [-0.1, -0.05) is 85.8 Å². The van der Waals surface area contributed by atoms with Crippen LogP contribution in [0.25, 0.3) is 0 Å². The SMILES string of the molecule is CCCN1C(=O)C(CCN2CCC(O)(c3ccccc3)CC2)(c2ccccc2)c2ccccc21.Cl. The molecule has 0 bridgehead atoms. The third-order valence-corrected chi connectivity index (χ3v) is 7.78. The van der Waals surface area contributed by atoms with Gasteiger partial charge in [0.25, 0.3) is 0 Å². The van der Waals surface area contributed by atoms with E-state index in [9.17, 15) is 9.90 Å². The molecule has 2 aliphatic rings. The van der Waals surface area contributed by atoms with Gasteiger partial charge in [0, 0.05) is 25.3 Å². The number of para-hydroxylation sites is 1. The molecule has 2 aliphatic heterocycles. The normalized spacial score (nSPS) is 21.4. The van der Waals surface area contributed by atoms with Gasteiger partial charge in [0.1, 0.15) is 5.41 Å². The Labute approximate surface area is 215 Å². The predicted molar refractivity (Wildman–Crippen MR) is 144 cm³/mol. The number of benzene rings is 3. The number of carbonyl (C=O) groups is 1. The molecule has 3 aromatic carbocycles. The zero-order valence-electron chi connectivity index (χ0n) is 20.4. The van der Waals surface area contributed by atoms with E-state index in [-0.39, 0.29) is 18.3 Å². The summed E-state index contributed by atoms with van der Waals surface area (Å²) >= 11 is 0. The summed E-state index contributed by atoms with van der Waals surface area (Å²) in [5, 5.41) is 11.2. The summed E-state index contributed by atoms with van der Waals surface area (Å²) in [6.07, 6.45) is 3.08. The van der Waals surface area contributed by atoms with Gasteiger partial charge < -0.3 is 14.9 Å². The molecule has 1 atom stereocenters. The molecule has 1 N–H and O–H groups in total. The van der Waals surface area contributed by atoms with Gasteiger partial charge in [-0.15, -0.1) is 12.4 Å². The molecule has 3 aromatic rings. The van der Waals surface area contributed by atoms with Crippen molar-refractivity contribution in [3.63, 3.8) is 0 Å². The Bertz CT molecular complexity index is 1130. The lowest BCUT2D eigenvalue weighted by Crippen LogP contribution is -2.47. The number of anilines is 1. The topological polar surface area (TPSA) is 43.8 Å². The molecule has 184 valence electrons. The molecule has 1 saturated heterocycles. The van der Waals surface area contributed by atoms with Gasteiger partial charge in [-0.2, -0.15) is 0 Å². The number of halogens is 1. The van der Waals surface area contributed by atoms with Crippen LogP contribution in [-0.2, 0) is 15.8 Å². The fourth-order valence-corrected chi connectivity index (χ4v) is 5.87. The molecule has 0 aliphatic carbocycles. The number of nitrogens with zero attached hydrogens (tertiary/aromatic N) is 2. The zero-order valence-corrected chi connectivity index (χ0v) is 21.2. The average molecular weight is 491 g/mol. The third kappa shape index (κ3) is 4.51. The lowest BCUT2D eigenvalue weighted by Gasteiger charge is -2.40. The van der Waals surface area contributed by atoms with Crippen molar-refractivity contribution >= 4 is 24.0 Å². The maximum absolute atomic E-state index is 14.1. The highest BCUT2D eigenvalue weighted by Gasteiger charge is 2.51. The Morgan fingerprint density at radius 2 is 1.37 bits per heavy atom. The molecule has 5 rings (SSSR count). The number of hydrogen-bond donors (Lipinski definition) is 1. The first-order valence-corrected chi connectivity index (χ1v) is 12.6. The molecule has 35 heavy (non-hydrogen) atoms. The van der Waals surface area contributed by atoms with Gasteiger partial charge in [-0.05, 0) is 55.0 Å². The van der Waals surface area contributed by atoms with Crippen molar-refractivity contribution in [2.75, 3.05) is 31.1 Å². The number of fused-ring (bicyclic) bond motifs is 1. The van der Waals surface area contributed by atoms with Crippen LogP contribution in [0.5, 0.6) is 0 Å². The second kappa shape index (κ2) is 10.5. The largest absolute Gasteiger partial charge is 0.385 e. The maximum atomic E-state index is 14.1.